The number of hydrogen-bond acceptors (Lipinski definition) is 5. The highest BCUT2D eigenvalue weighted by Crippen LogP contribution is 2.33. The first-order valence-electron chi connectivity index (χ1n) is 11.8. The van der Waals surface area contributed by atoms with Gasteiger partial charge in [0.15, 0.2) is 0 Å². The molecule has 0 bridgehead atoms. The second-order valence-electron chi connectivity index (χ2n) is 9.41. The zero-order valence-corrected chi connectivity index (χ0v) is 20.0. The van der Waals surface area contributed by atoms with Gasteiger partial charge in [0.2, 0.25) is 11.9 Å². The number of pyridine rings is 1. The third kappa shape index (κ3) is 4.56. The maximum Gasteiger partial charge on any atom is 0.229 e. The van der Waals surface area contributed by atoms with Gasteiger partial charge in [-0.2, -0.15) is 0 Å². The lowest BCUT2D eigenvalue weighted by molar-refractivity contribution is -0.119. The van der Waals surface area contributed by atoms with Gasteiger partial charge in [-0.05, 0) is 57.6 Å². The number of carbonyl (C=O) groups excluding carboxylic acids is 1. The van der Waals surface area contributed by atoms with E-state index in [1.807, 2.05) is 12.3 Å². The Balaban J connectivity index is 1.59. The predicted molar refractivity (Wildman–Crippen MR) is 134 cm³/mol. The molecule has 0 radical (unpaired) electrons. The highest BCUT2D eigenvalue weighted by atomic mass is 16.2. The number of benzene rings is 1. The van der Waals surface area contributed by atoms with Crippen LogP contribution in [0.2, 0.25) is 0 Å². The number of fused-ring (bicyclic) bond motifs is 1. The van der Waals surface area contributed by atoms with Crippen LogP contribution in [-0.4, -0.2) is 44.3 Å². The summed E-state index contributed by atoms with van der Waals surface area (Å²) in [6.07, 6.45) is 7.84. The van der Waals surface area contributed by atoms with Gasteiger partial charge in [0.25, 0.3) is 0 Å². The van der Waals surface area contributed by atoms with Crippen molar-refractivity contribution < 1.29 is 4.79 Å². The van der Waals surface area contributed by atoms with Crippen molar-refractivity contribution >= 4 is 17.5 Å². The van der Waals surface area contributed by atoms with E-state index in [9.17, 15) is 4.79 Å². The van der Waals surface area contributed by atoms with Crippen LogP contribution < -0.4 is 5.32 Å². The first kappa shape index (κ1) is 22.2. The molecule has 1 fully saturated rings. The zero-order valence-electron chi connectivity index (χ0n) is 20.0. The quantitative estimate of drug-likeness (QED) is 0.446. The molecule has 174 valence electrons. The number of imidazole rings is 1. The Hall–Kier alpha value is -3.58. The lowest BCUT2D eigenvalue weighted by atomic mass is 10.1. The Kier molecular flexibility index (Phi) is 6.11. The summed E-state index contributed by atoms with van der Waals surface area (Å²) < 4.78 is 2.07. The first-order valence-corrected chi connectivity index (χ1v) is 11.8. The third-order valence-corrected chi connectivity index (χ3v) is 6.37. The number of anilines is 1. The number of aryl methyl sites for hydroxylation is 1. The SMILES string of the molecule is Cc1ccc(-c2nc3cc(CN(C)C)ccn3c2-c2ccnc(NC(=O)C3CCCC3)n2)cc1. The number of carbonyl (C=O) groups is 1. The van der Waals surface area contributed by atoms with E-state index in [-0.39, 0.29) is 11.8 Å². The Morgan fingerprint density at radius 1 is 1.09 bits per heavy atom. The number of aromatic nitrogens is 4. The van der Waals surface area contributed by atoms with Gasteiger partial charge < -0.3 is 4.90 Å². The molecule has 5 rings (SSSR count). The second kappa shape index (κ2) is 9.35. The van der Waals surface area contributed by atoms with Gasteiger partial charge in [0.05, 0.1) is 17.1 Å². The van der Waals surface area contributed by atoms with E-state index in [2.05, 4.69) is 77.0 Å². The highest BCUT2D eigenvalue weighted by Gasteiger charge is 2.24. The van der Waals surface area contributed by atoms with Gasteiger partial charge in [-0.3, -0.25) is 14.5 Å². The summed E-state index contributed by atoms with van der Waals surface area (Å²) in [6, 6.07) is 14.5. The first-order chi connectivity index (χ1) is 16.5. The highest BCUT2D eigenvalue weighted by molar-refractivity contribution is 5.91. The molecule has 0 atom stereocenters. The average molecular weight is 455 g/mol. The standard InChI is InChI=1S/C27H30N6O/c1-18-8-10-20(11-9-18)24-25(33-15-13-19(17-32(2)3)16-23(33)30-24)22-12-14-28-27(29-22)31-26(34)21-6-4-5-7-21/h8-16,21H,4-7,17H2,1-3H3,(H,28,29,31,34). The maximum atomic E-state index is 12.7. The van der Waals surface area contributed by atoms with Crippen LogP contribution in [0.4, 0.5) is 5.95 Å². The topological polar surface area (TPSA) is 75.4 Å². The third-order valence-electron chi connectivity index (χ3n) is 6.37. The summed E-state index contributed by atoms with van der Waals surface area (Å²) in [4.78, 5) is 28.9. The minimum absolute atomic E-state index is 0.0138. The van der Waals surface area contributed by atoms with Crippen molar-refractivity contribution in [2.75, 3.05) is 19.4 Å². The molecule has 1 aliphatic rings. The van der Waals surface area contributed by atoms with E-state index in [1.165, 1.54) is 11.1 Å². The van der Waals surface area contributed by atoms with Gasteiger partial charge >= 0.3 is 0 Å². The molecule has 0 saturated heterocycles. The number of rotatable bonds is 6. The van der Waals surface area contributed by atoms with Crippen molar-refractivity contribution in [3.63, 3.8) is 0 Å². The molecule has 3 heterocycles. The van der Waals surface area contributed by atoms with Gasteiger partial charge in [-0.15, -0.1) is 0 Å². The Labute approximate surface area is 199 Å². The minimum Gasteiger partial charge on any atom is -0.305 e. The van der Waals surface area contributed by atoms with Crippen molar-refractivity contribution in [1.29, 1.82) is 0 Å². The molecule has 34 heavy (non-hydrogen) atoms. The summed E-state index contributed by atoms with van der Waals surface area (Å²) in [5.41, 5.74) is 6.73. The summed E-state index contributed by atoms with van der Waals surface area (Å²) in [5.74, 6) is 0.407. The van der Waals surface area contributed by atoms with E-state index in [1.54, 1.807) is 6.20 Å². The van der Waals surface area contributed by atoms with Gasteiger partial charge in [-0.1, -0.05) is 42.7 Å². The fourth-order valence-corrected chi connectivity index (χ4v) is 4.66. The molecule has 7 nitrogen and oxygen atoms in total. The fraction of sp³-hybridized carbons (Fsp3) is 0.333. The van der Waals surface area contributed by atoms with Crippen LogP contribution in [0.15, 0.2) is 54.9 Å². The number of amides is 1. The molecule has 1 N–H and O–H groups in total. The fourth-order valence-electron chi connectivity index (χ4n) is 4.66. The Morgan fingerprint density at radius 3 is 2.59 bits per heavy atom. The molecule has 0 aliphatic heterocycles. The molecular weight excluding hydrogens is 424 g/mol. The zero-order chi connectivity index (χ0) is 23.7. The second-order valence-corrected chi connectivity index (χ2v) is 9.41. The summed E-state index contributed by atoms with van der Waals surface area (Å²) in [6.45, 7) is 2.91. The molecule has 3 aromatic heterocycles. The average Bonchev–Trinajstić information content (AvgIpc) is 3.47. The van der Waals surface area contributed by atoms with Crippen LogP contribution in [0.5, 0.6) is 0 Å². The van der Waals surface area contributed by atoms with E-state index in [4.69, 9.17) is 9.97 Å². The molecule has 1 aliphatic carbocycles. The van der Waals surface area contributed by atoms with Crippen molar-refractivity contribution in [1.82, 2.24) is 24.3 Å². The number of hydrogen-bond donors (Lipinski definition) is 1. The van der Waals surface area contributed by atoms with Crippen LogP contribution in [0, 0.1) is 12.8 Å². The normalized spacial score (nSPS) is 14.2. The summed E-state index contributed by atoms with van der Waals surface area (Å²) in [7, 11) is 4.11. The summed E-state index contributed by atoms with van der Waals surface area (Å²) in [5, 5.41) is 2.94. The molecular formula is C27H30N6O. The van der Waals surface area contributed by atoms with Crippen molar-refractivity contribution in [2.24, 2.45) is 5.92 Å². The van der Waals surface area contributed by atoms with Crippen molar-refractivity contribution in [3.05, 3.63) is 66.0 Å². The predicted octanol–water partition coefficient (Wildman–Crippen LogP) is 4.96. The van der Waals surface area contributed by atoms with E-state index >= 15 is 0 Å². The van der Waals surface area contributed by atoms with Crippen LogP contribution in [0.3, 0.4) is 0 Å². The number of nitrogens with one attached hydrogen (secondary N) is 1. The number of nitrogens with zero attached hydrogens (tertiary/aromatic N) is 5. The van der Waals surface area contributed by atoms with Crippen LogP contribution >= 0.6 is 0 Å². The van der Waals surface area contributed by atoms with Gasteiger partial charge in [-0.25, -0.2) is 15.0 Å². The van der Waals surface area contributed by atoms with E-state index in [0.717, 1.165) is 60.5 Å². The Morgan fingerprint density at radius 2 is 1.85 bits per heavy atom. The molecule has 1 aromatic carbocycles. The molecule has 1 saturated carbocycles. The Bertz CT molecular complexity index is 1320. The summed E-state index contributed by atoms with van der Waals surface area (Å²) >= 11 is 0. The minimum atomic E-state index is 0.0138. The van der Waals surface area contributed by atoms with Crippen LogP contribution in [-0.2, 0) is 11.3 Å². The monoisotopic (exact) mass is 454 g/mol. The van der Waals surface area contributed by atoms with Gasteiger partial charge in [0.1, 0.15) is 5.65 Å². The molecule has 7 heteroatoms. The van der Waals surface area contributed by atoms with Crippen molar-refractivity contribution in [2.45, 2.75) is 39.2 Å². The lowest BCUT2D eigenvalue weighted by Crippen LogP contribution is -2.21. The largest absolute Gasteiger partial charge is 0.305 e. The smallest absolute Gasteiger partial charge is 0.229 e. The van der Waals surface area contributed by atoms with Crippen LogP contribution in [0.1, 0.15) is 36.8 Å². The molecule has 1 amide bonds. The maximum absolute atomic E-state index is 12.7. The van der Waals surface area contributed by atoms with Crippen molar-refractivity contribution in [3.8, 4) is 22.6 Å². The molecule has 0 unspecified atom stereocenters. The molecule has 4 aromatic rings. The van der Waals surface area contributed by atoms with E-state index < -0.39 is 0 Å². The van der Waals surface area contributed by atoms with Gasteiger partial charge in [0, 0.05) is 30.4 Å². The molecule has 0 spiro atoms. The van der Waals surface area contributed by atoms with Crippen LogP contribution in [0.25, 0.3) is 28.3 Å². The van der Waals surface area contributed by atoms with E-state index in [0.29, 0.717) is 5.95 Å². The lowest BCUT2D eigenvalue weighted by Gasteiger charge is -2.11.